The Morgan fingerprint density at radius 3 is 2.53 bits per heavy atom. The van der Waals surface area contributed by atoms with Crippen LogP contribution in [0.15, 0.2) is 18.2 Å². The molecule has 1 aromatic carbocycles. The molecule has 104 valence electrons. The first kappa shape index (κ1) is 15.2. The molecule has 0 radical (unpaired) electrons. The van der Waals surface area contributed by atoms with Gasteiger partial charge in [0.25, 0.3) is 0 Å². The van der Waals surface area contributed by atoms with Crippen molar-refractivity contribution < 1.29 is 9.59 Å². The fourth-order valence-electron chi connectivity index (χ4n) is 1.73. The number of amides is 2. The standard InChI is InChI=1S/C14H21N3O2/c1-4-11(8-15)14(19)17-13-7-12(16-10(3)18)6-5-9(13)2/h5-7,11H,4,8,15H2,1-3H3,(H,16,18)(H,17,19). The van der Waals surface area contributed by atoms with Crippen molar-refractivity contribution in [3.63, 3.8) is 0 Å². The average molecular weight is 263 g/mol. The van der Waals surface area contributed by atoms with Crippen LogP contribution in [0.5, 0.6) is 0 Å². The molecular weight excluding hydrogens is 242 g/mol. The number of rotatable bonds is 5. The van der Waals surface area contributed by atoms with E-state index in [1.54, 1.807) is 12.1 Å². The van der Waals surface area contributed by atoms with E-state index in [9.17, 15) is 9.59 Å². The Morgan fingerprint density at radius 1 is 1.32 bits per heavy atom. The van der Waals surface area contributed by atoms with Gasteiger partial charge >= 0.3 is 0 Å². The Balaban J connectivity index is 2.87. The molecule has 0 aromatic heterocycles. The summed E-state index contributed by atoms with van der Waals surface area (Å²) in [7, 11) is 0. The zero-order chi connectivity index (χ0) is 14.4. The summed E-state index contributed by atoms with van der Waals surface area (Å²) < 4.78 is 0. The molecule has 4 N–H and O–H groups in total. The summed E-state index contributed by atoms with van der Waals surface area (Å²) >= 11 is 0. The summed E-state index contributed by atoms with van der Waals surface area (Å²) in [4.78, 5) is 23.0. The predicted molar refractivity (Wildman–Crippen MR) is 76.9 cm³/mol. The predicted octanol–water partition coefficient (Wildman–Crippen LogP) is 1.88. The number of carbonyl (C=O) groups excluding carboxylic acids is 2. The summed E-state index contributed by atoms with van der Waals surface area (Å²) in [5.74, 6) is -0.425. The number of aryl methyl sites for hydroxylation is 1. The van der Waals surface area contributed by atoms with Crippen molar-refractivity contribution in [3.8, 4) is 0 Å². The number of nitrogens with one attached hydrogen (secondary N) is 2. The molecule has 1 atom stereocenters. The first-order valence-electron chi connectivity index (χ1n) is 6.37. The smallest absolute Gasteiger partial charge is 0.228 e. The maximum atomic E-state index is 12.0. The summed E-state index contributed by atoms with van der Waals surface area (Å²) in [5.41, 5.74) is 7.85. The van der Waals surface area contributed by atoms with E-state index < -0.39 is 0 Å². The van der Waals surface area contributed by atoms with Crippen molar-refractivity contribution in [1.82, 2.24) is 0 Å². The minimum Gasteiger partial charge on any atom is -0.330 e. The van der Waals surface area contributed by atoms with Gasteiger partial charge in [-0.15, -0.1) is 0 Å². The van der Waals surface area contributed by atoms with Crippen LogP contribution in [0.25, 0.3) is 0 Å². The Morgan fingerprint density at radius 2 is 2.00 bits per heavy atom. The van der Waals surface area contributed by atoms with E-state index >= 15 is 0 Å². The quantitative estimate of drug-likeness (QED) is 0.758. The SMILES string of the molecule is CCC(CN)C(=O)Nc1cc(NC(C)=O)ccc1C. The van der Waals surface area contributed by atoms with Gasteiger partial charge in [0, 0.05) is 24.8 Å². The lowest BCUT2D eigenvalue weighted by molar-refractivity contribution is -0.119. The van der Waals surface area contributed by atoms with E-state index in [0.717, 1.165) is 5.56 Å². The monoisotopic (exact) mass is 263 g/mol. The van der Waals surface area contributed by atoms with Gasteiger partial charge in [-0.1, -0.05) is 13.0 Å². The lowest BCUT2D eigenvalue weighted by Crippen LogP contribution is -2.28. The van der Waals surface area contributed by atoms with Gasteiger partial charge < -0.3 is 16.4 Å². The molecule has 0 heterocycles. The highest BCUT2D eigenvalue weighted by Crippen LogP contribution is 2.21. The second-order valence-electron chi connectivity index (χ2n) is 4.54. The Bertz CT molecular complexity index is 468. The van der Waals surface area contributed by atoms with E-state index in [-0.39, 0.29) is 17.7 Å². The van der Waals surface area contributed by atoms with Gasteiger partial charge in [-0.25, -0.2) is 0 Å². The van der Waals surface area contributed by atoms with Crippen LogP contribution in [0.1, 0.15) is 25.8 Å². The maximum Gasteiger partial charge on any atom is 0.228 e. The van der Waals surface area contributed by atoms with Crippen LogP contribution in [0, 0.1) is 12.8 Å². The van der Waals surface area contributed by atoms with Gasteiger partial charge in [0.1, 0.15) is 0 Å². The van der Waals surface area contributed by atoms with Crippen LogP contribution in [-0.2, 0) is 9.59 Å². The second kappa shape index (κ2) is 6.89. The van der Waals surface area contributed by atoms with E-state index in [2.05, 4.69) is 10.6 Å². The molecule has 0 saturated heterocycles. The molecule has 2 amide bonds. The molecule has 5 heteroatoms. The fraction of sp³-hybridized carbons (Fsp3) is 0.429. The molecule has 19 heavy (non-hydrogen) atoms. The zero-order valence-corrected chi connectivity index (χ0v) is 11.6. The number of carbonyl (C=O) groups is 2. The fourth-order valence-corrected chi connectivity index (χ4v) is 1.73. The van der Waals surface area contributed by atoms with Gasteiger partial charge in [-0.2, -0.15) is 0 Å². The summed E-state index contributed by atoms with van der Waals surface area (Å²) in [6, 6.07) is 5.40. The zero-order valence-electron chi connectivity index (χ0n) is 11.6. The van der Waals surface area contributed by atoms with Crippen molar-refractivity contribution in [3.05, 3.63) is 23.8 Å². The largest absolute Gasteiger partial charge is 0.330 e. The van der Waals surface area contributed by atoms with Gasteiger partial charge in [0.15, 0.2) is 0 Å². The Kier molecular flexibility index (Phi) is 5.51. The summed E-state index contributed by atoms with van der Waals surface area (Å²) in [6.07, 6.45) is 0.701. The Labute approximate surface area is 113 Å². The number of hydrogen-bond donors (Lipinski definition) is 3. The summed E-state index contributed by atoms with van der Waals surface area (Å²) in [6.45, 7) is 5.60. The molecule has 1 rings (SSSR count). The van der Waals surface area contributed by atoms with Crippen molar-refractivity contribution in [2.24, 2.45) is 11.7 Å². The lowest BCUT2D eigenvalue weighted by atomic mass is 10.1. The van der Waals surface area contributed by atoms with Crippen LogP contribution in [0.3, 0.4) is 0 Å². The molecule has 0 aliphatic carbocycles. The van der Waals surface area contributed by atoms with Crippen LogP contribution < -0.4 is 16.4 Å². The molecular formula is C14H21N3O2. The molecule has 0 aliphatic heterocycles. The molecule has 1 unspecified atom stereocenters. The van der Waals surface area contributed by atoms with Crippen molar-refractivity contribution in [2.75, 3.05) is 17.2 Å². The van der Waals surface area contributed by atoms with Crippen LogP contribution in [0.4, 0.5) is 11.4 Å². The highest BCUT2D eigenvalue weighted by Gasteiger charge is 2.15. The number of hydrogen-bond acceptors (Lipinski definition) is 3. The maximum absolute atomic E-state index is 12.0. The van der Waals surface area contributed by atoms with Crippen LogP contribution in [0.2, 0.25) is 0 Å². The summed E-state index contributed by atoms with van der Waals surface area (Å²) in [5, 5.41) is 5.54. The van der Waals surface area contributed by atoms with E-state index in [0.29, 0.717) is 24.3 Å². The molecule has 0 aliphatic rings. The van der Waals surface area contributed by atoms with E-state index in [4.69, 9.17) is 5.73 Å². The topological polar surface area (TPSA) is 84.2 Å². The van der Waals surface area contributed by atoms with Gasteiger partial charge in [0.05, 0.1) is 5.92 Å². The third-order valence-corrected chi connectivity index (χ3v) is 2.96. The van der Waals surface area contributed by atoms with Gasteiger partial charge in [-0.05, 0) is 31.0 Å². The first-order chi connectivity index (χ1) is 8.97. The molecule has 5 nitrogen and oxygen atoms in total. The van der Waals surface area contributed by atoms with Gasteiger partial charge in [-0.3, -0.25) is 9.59 Å². The molecule has 0 spiro atoms. The third-order valence-electron chi connectivity index (χ3n) is 2.96. The molecule has 0 fully saturated rings. The Hall–Kier alpha value is -1.88. The minimum absolute atomic E-state index is 0.0897. The number of anilines is 2. The van der Waals surface area contributed by atoms with Gasteiger partial charge in [0.2, 0.25) is 11.8 Å². The number of benzene rings is 1. The van der Waals surface area contributed by atoms with Crippen molar-refractivity contribution in [1.29, 1.82) is 0 Å². The third kappa shape index (κ3) is 4.37. The van der Waals surface area contributed by atoms with Crippen molar-refractivity contribution in [2.45, 2.75) is 27.2 Å². The van der Waals surface area contributed by atoms with Crippen molar-refractivity contribution >= 4 is 23.2 Å². The highest BCUT2D eigenvalue weighted by atomic mass is 16.2. The van der Waals surface area contributed by atoms with Crippen LogP contribution >= 0.6 is 0 Å². The lowest BCUT2D eigenvalue weighted by Gasteiger charge is -2.15. The highest BCUT2D eigenvalue weighted by molar-refractivity contribution is 5.95. The first-order valence-corrected chi connectivity index (χ1v) is 6.37. The van der Waals surface area contributed by atoms with E-state index in [1.165, 1.54) is 6.92 Å². The average Bonchev–Trinajstić information content (AvgIpc) is 2.34. The van der Waals surface area contributed by atoms with E-state index in [1.807, 2.05) is 19.9 Å². The molecule has 0 bridgehead atoms. The number of nitrogens with two attached hydrogens (primary N) is 1. The molecule has 1 aromatic rings. The van der Waals surface area contributed by atoms with Crippen LogP contribution in [-0.4, -0.2) is 18.4 Å². The minimum atomic E-state index is -0.191. The second-order valence-corrected chi connectivity index (χ2v) is 4.54. The normalized spacial score (nSPS) is 11.8. The molecule has 0 saturated carbocycles.